The molecule has 3 aromatic carbocycles. The highest BCUT2D eigenvalue weighted by molar-refractivity contribution is 5.87. The largest absolute Gasteiger partial charge is 0.496 e. The van der Waals surface area contributed by atoms with Crippen molar-refractivity contribution in [2.24, 2.45) is 11.7 Å². The van der Waals surface area contributed by atoms with Gasteiger partial charge in [-0.15, -0.1) is 0 Å². The maximum Gasteiger partial charge on any atom is 0.133 e. The number of aromatic nitrogens is 2. The van der Waals surface area contributed by atoms with Gasteiger partial charge in [-0.25, -0.2) is 4.98 Å². The Morgan fingerprint density at radius 2 is 1.68 bits per heavy atom. The number of rotatable bonds is 11. The van der Waals surface area contributed by atoms with Crippen molar-refractivity contribution in [1.29, 1.82) is 0 Å². The van der Waals surface area contributed by atoms with Crippen molar-refractivity contribution in [3.8, 4) is 5.75 Å². The zero-order valence-corrected chi connectivity index (χ0v) is 21.7. The summed E-state index contributed by atoms with van der Waals surface area (Å²) in [4.78, 5) is 11.2. The minimum absolute atomic E-state index is 0.0582. The van der Waals surface area contributed by atoms with E-state index in [-0.39, 0.29) is 6.04 Å². The molecule has 5 nitrogen and oxygen atoms in total. The minimum atomic E-state index is 0.0582. The van der Waals surface area contributed by atoms with Gasteiger partial charge >= 0.3 is 0 Å². The summed E-state index contributed by atoms with van der Waals surface area (Å²) < 4.78 is 5.86. The molecule has 0 aliphatic carbocycles. The van der Waals surface area contributed by atoms with E-state index in [1.165, 1.54) is 16.5 Å². The maximum atomic E-state index is 6.32. The van der Waals surface area contributed by atoms with Crippen molar-refractivity contribution in [2.45, 2.75) is 32.2 Å². The highest BCUT2D eigenvalue weighted by atomic mass is 16.5. The van der Waals surface area contributed by atoms with E-state index in [0.29, 0.717) is 12.5 Å². The molecule has 2 atom stereocenters. The predicted octanol–water partition coefficient (Wildman–Crippen LogP) is 6.89. The van der Waals surface area contributed by atoms with Crippen LogP contribution in [-0.2, 0) is 6.42 Å². The van der Waals surface area contributed by atoms with E-state index in [4.69, 9.17) is 15.5 Å². The summed E-state index contributed by atoms with van der Waals surface area (Å²) in [5.41, 5.74) is 10.9. The third-order valence-electron chi connectivity index (χ3n) is 7.29. The lowest BCUT2D eigenvalue weighted by Gasteiger charge is -2.36. The average molecular weight is 493 g/mol. The average Bonchev–Trinajstić information content (AvgIpc) is 3.38. The van der Waals surface area contributed by atoms with Crippen LogP contribution in [0.5, 0.6) is 5.75 Å². The lowest BCUT2D eigenvalue weighted by Crippen LogP contribution is -2.37. The molecule has 2 unspecified atom stereocenters. The number of H-pyrrole nitrogens is 1. The molecule has 190 valence electrons. The van der Waals surface area contributed by atoms with Crippen molar-refractivity contribution in [1.82, 2.24) is 9.97 Å². The van der Waals surface area contributed by atoms with E-state index in [1.54, 1.807) is 7.11 Å². The van der Waals surface area contributed by atoms with E-state index in [1.807, 2.05) is 12.1 Å². The Morgan fingerprint density at radius 1 is 0.946 bits per heavy atom. The van der Waals surface area contributed by atoms with Crippen LogP contribution in [0.1, 0.15) is 36.9 Å². The van der Waals surface area contributed by atoms with Crippen molar-refractivity contribution >= 4 is 27.6 Å². The van der Waals surface area contributed by atoms with Gasteiger partial charge in [-0.1, -0.05) is 74.0 Å². The van der Waals surface area contributed by atoms with Crippen LogP contribution in [-0.4, -0.2) is 30.2 Å². The van der Waals surface area contributed by atoms with Crippen LogP contribution in [0.2, 0.25) is 0 Å². The quantitative estimate of drug-likeness (QED) is 0.211. The summed E-state index contributed by atoms with van der Waals surface area (Å²) in [7, 11) is 1.73. The third-order valence-corrected chi connectivity index (χ3v) is 7.29. The Labute approximate surface area is 219 Å². The molecular weight excluding hydrogens is 456 g/mol. The predicted molar refractivity (Wildman–Crippen MR) is 154 cm³/mol. The fourth-order valence-electron chi connectivity index (χ4n) is 5.39. The summed E-state index contributed by atoms with van der Waals surface area (Å²) >= 11 is 0. The molecule has 0 amide bonds. The summed E-state index contributed by atoms with van der Waals surface area (Å²) in [5, 5.41) is 2.25. The van der Waals surface area contributed by atoms with E-state index in [2.05, 4.69) is 95.8 Å². The van der Waals surface area contributed by atoms with Gasteiger partial charge in [0.05, 0.1) is 18.7 Å². The van der Waals surface area contributed by atoms with Crippen molar-refractivity contribution in [3.63, 3.8) is 0 Å². The van der Waals surface area contributed by atoms with Crippen molar-refractivity contribution in [2.75, 3.05) is 25.1 Å². The third kappa shape index (κ3) is 5.32. The number of fused-ring (bicyclic) bond motifs is 2. The standard InChI is InChI=1S/C32H36N4O/c1-3-11-24(20-33)22-36(32-19-31(37-2)26-15-8-10-17-29(26)35-32)30(18-23-12-5-4-6-13-23)27-21-34-28-16-9-7-14-25(27)28/h4-10,12-17,19,21,24,30,34H,3,11,18,20,22,33H2,1-2H3. The fourth-order valence-corrected chi connectivity index (χ4v) is 5.39. The number of nitrogens with zero attached hydrogens (tertiary/aromatic N) is 2. The van der Waals surface area contributed by atoms with Crippen LogP contribution < -0.4 is 15.4 Å². The Balaban J connectivity index is 1.70. The van der Waals surface area contributed by atoms with Gasteiger partial charge in [0, 0.05) is 40.7 Å². The molecule has 2 aromatic heterocycles. The Morgan fingerprint density at radius 3 is 2.43 bits per heavy atom. The van der Waals surface area contributed by atoms with Gasteiger partial charge in [-0.2, -0.15) is 0 Å². The molecule has 5 aromatic rings. The summed E-state index contributed by atoms with van der Waals surface area (Å²) in [6, 6.07) is 29.6. The number of para-hydroxylation sites is 2. The molecule has 0 aliphatic rings. The molecule has 3 N–H and O–H groups in total. The molecule has 0 bridgehead atoms. The van der Waals surface area contributed by atoms with Gasteiger partial charge in [0.25, 0.3) is 0 Å². The summed E-state index contributed by atoms with van der Waals surface area (Å²) in [6.45, 7) is 3.68. The second-order valence-electron chi connectivity index (χ2n) is 9.74. The number of benzene rings is 3. The maximum absolute atomic E-state index is 6.32. The van der Waals surface area contributed by atoms with Crippen LogP contribution in [0.3, 0.4) is 0 Å². The lowest BCUT2D eigenvalue weighted by atomic mass is 9.94. The smallest absolute Gasteiger partial charge is 0.133 e. The van der Waals surface area contributed by atoms with E-state index < -0.39 is 0 Å². The molecule has 5 heteroatoms. The number of nitrogens with two attached hydrogens (primary N) is 1. The summed E-state index contributed by atoms with van der Waals surface area (Å²) in [5.74, 6) is 2.10. The molecule has 2 heterocycles. The monoisotopic (exact) mass is 492 g/mol. The number of pyridine rings is 1. The van der Waals surface area contributed by atoms with Gasteiger partial charge in [-0.3, -0.25) is 0 Å². The second kappa shape index (κ2) is 11.5. The van der Waals surface area contributed by atoms with Gasteiger partial charge in [0.1, 0.15) is 11.6 Å². The molecule has 0 saturated heterocycles. The second-order valence-corrected chi connectivity index (χ2v) is 9.74. The van der Waals surface area contributed by atoms with Crippen LogP contribution in [0.25, 0.3) is 21.8 Å². The van der Waals surface area contributed by atoms with Crippen LogP contribution >= 0.6 is 0 Å². The van der Waals surface area contributed by atoms with Gasteiger partial charge in [0.15, 0.2) is 0 Å². The zero-order chi connectivity index (χ0) is 25.6. The number of hydrogen-bond acceptors (Lipinski definition) is 4. The molecular formula is C32H36N4O. The Hall–Kier alpha value is -3.83. The van der Waals surface area contributed by atoms with Gasteiger partial charge in [-0.05, 0) is 49.1 Å². The highest BCUT2D eigenvalue weighted by Gasteiger charge is 2.28. The topological polar surface area (TPSA) is 67.2 Å². The van der Waals surface area contributed by atoms with Gasteiger partial charge in [0.2, 0.25) is 0 Å². The zero-order valence-electron chi connectivity index (χ0n) is 21.7. The minimum Gasteiger partial charge on any atom is -0.496 e. The normalized spacial score (nSPS) is 13.1. The number of methoxy groups -OCH3 is 1. The first-order chi connectivity index (χ1) is 18.2. The molecule has 0 radical (unpaired) electrons. The van der Waals surface area contributed by atoms with Crippen molar-refractivity contribution in [3.05, 3.63) is 102 Å². The van der Waals surface area contributed by atoms with E-state index in [0.717, 1.165) is 53.8 Å². The van der Waals surface area contributed by atoms with Crippen molar-refractivity contribution < 1.29 is 4.74 Å². The van der Waals surface area contributed by atoms with Gasteiger partial charge < -0.3 is 20.4 Å². The fraction of sp³-hybridized carbons (Fsp3) is 0.281. The molecule has 0 aliphatic heterocycles. The van der Waals surface area contributed by atoms with Crippen LogP contribution in [0, 0.1) is 5.92 Å². The van der Waals surface area contributed by atoms with Crippen LogP contribution in [0.15, 0.2) is 91.1 Å². The molecule has 5 rings (SSSR count). The van der Waals surface area contributed by atoms with E-state index in [9.17, 15) is 0 Å². The number of anilines is 1. The lowest BCUT2D eigenvalue weighted by molar-refractivity contribution is 0.418. The number of ether oxygens (including phenoxy) is 1. The molecule has 0 fully saturated rings. The van der Waals surface area contributed by atoms with Crippen LogP contribution in [0.4, 0.5) is 5.82 Å². The Bertz CT molecular complexity index is 1450. The first-order valence-corrected chi connectivity index (χ1v) is 13.2. The molecule has 0 saturated carbocycles. The molecule has 0 spiro atoms. The first kappa shape index (κ1) is 24.8. The first-order valence-electron chi connectivity index (χ1n) is 13.2. The SMILES string of the molecule is CCCC(CN)CN(c1cc(OC)c2ccccc2n1)C(Cc1ccccc1)c1c[nH]c2ccccc12. The Kier molecular flexibility index (Phi) is 7.71. The van der Waals surface area contributed by atoms with E-state index >= 15 is 0 Å². The summed E-state index contributed by atoms with van der Waals surface area (Å²) in [6.07, 6.45) is 5.19. The number of hydrogen-bond donors (Lipinski definition) is 2. The number of nitrogens with one attached hydrogen (secondary N) is 1. The number of aromatic amines is 1. The molecule has 37 heavy (non-hydrogen) atoms. The highest BCUT2D eigenvalue weighted by Crippen LogP contribution is 2.37.